The average molecular weight is 396 g/mol. The number of thiazole rings is 1. The normalized spacial score (nSPS) is 32.0. The molecule has 140 valence electrons. The Morgan fingerprint density at radius 2 is 2.19 bits per heavy atom. The van der Waals surface area contributed by atoms with E-state index in [4.69, 9.17) is 0 Å². The quantitative estimate of drug-likeness (QED) is 0.433. The highest BCUT2D eigenvalue weighted by Crippen LogP contribution is 2.52. The van der Waals surface area contributed by atoms with Crippen LogP contribution < -0.4 is 9.67 Å². The van der Waals surface area contributed by atoms with Crippen LogP contribution in [0.4, 0.5) is 0 Å². The number of aryl methyl sites for hydroxylation is 1. The number of nitrogens with zero attached hydrogens (tertiary/aromatic N) is 3. The van der Waals surface area contributed by atoms with E-state index in [9.17, 15) is 19.8 Å². The summed E-state index contributed by atoms with van der Waals surface area (Å²) in [5.41, 5.74) is 0. The maximum Gasteiger partial charge on any atom is 0.250 e. The molecule has 6 atom stereocenters. The molecule has 7 nitrogen and oxygen atoms in total. The van der Waals surface area contributed by atoms with Crippen LogP contribution in [-0.2, 0) is 16.6 Å². The van der Waals surface area contributed by atoms with E-state index in [1.165, 1.54) is 4.90 Å². The van der Waals surface area contributed by atoms with Crippen molar-refractivity contribution < 1.29 is 24.4 Å². The van der Waals surface area contributed by atoms with Gasteiger partial charge in [-0.2, -0.15) is 4.40 Å². The number of carbonyl (C=O) groups excluding carboxylic acids is 2. The summed E-state index contributed by atoms with van der Waals surface area (Å²) < 4.78 is 4.04. The maximum absolute atomic E-state index is 12.5. The number of hydrogen-bond donors (Lipinski definition) is 1. The van der Waals surface area contributed by atoms with E-state index in [1.807, 2.05) is 41.7 Å². The molecule has 0 bridgehead atoms. The van der Waals surface area contributed by atoms with Crippen LogP contribution in [-0.4, -0.2) is 50.7 Å². The molecule has 2 aromatic rings. The van der Waals surface area contributed by atoms with E-state index in [2.05, 4.69) is 0 Å². The molecule has 2 saturated heterocycles. The van der Waals surface area contributed by atoms with Gasteiger partial charge in [-0.3, -0.25) is 4.79 Å². The van der Waals surface area contributed by atoms with Crippen LogP contribution in [0.5, 0.6) is 0 Å². The van der Waals surface area contributed by atoms with E-state index >= 15 is 0 Å². The number of fused-ring (bicyclic) bond motifs is 2. The maximum atomic E-state index is 12.5. The molecule has 0 saturated carbocycles. The zero-order chi connectivity index (χ0) is 18.9. The Kier molecular flexibility index (Phi) is 4.09. The number of thioether (sulfide) groups is 1. The van der Waals surface area contributed by atoms with Gasteiger partial charge >= 0.3 is 0 Å². The molecule has 4 heterocycles. The Balaban J connectivity index is 1.78. The lowest BCUT2D eigenvalue weighted by Crippen LogP contribution is -2.66. The molecular formula is C17H21N3O4S2. The largest absolute Gasteiger partial charge is 0.548 e. The van der Waals surface area contributed by atoms with Crippen molar-refractivity contribution in [1.29, 1.82) is 0 Å². The van der Waals surface area contributed by atoms with Crippen LogP contribution in [0, 0.1) is 11.8 Å². The number of aromatic nitrogens is 2. The fourth-order valence-electron chi connectivity index (χ4n) is 4.70. The van der Waals surface area contributed by atoms with Gasteiger partial charge in [-0.05, 0) is 19.1 Å². The van der Waals surface area contributed by atoms with E-state index in [-0.39, 0.29) is 23.8 Å². The Hall–Kier alpha value is -1.58. The first-order chi connectivity index (χ1) is 12.3. The fourth-order valence-corrected chi connectivity index (χ4v) is 7.00. The molecule has 26 heavy (non-hydrogen) atoms. The van der Waals surface area contributed by atoms with Gasteiger partial charge in [0.2, 0.25) is 22.1 Å². The first-order valence-electron chi connectivity index (χ1n) is 8.53. The lowest BCUT2D eigenvalue weighted by Gasteiger charge is -2.48. The van der Waals surface area contributed by atoms with Crippen LogP contribution in [0.25, 0.3) is 4.83 Å². The number of β-lactam (4-membered cyclic amide) rings is 1. The molecular weight excluding hydrogens is 374 g/mol. The molecule has 2 fully saturated rings. The third kappa shape index (κ3) is 2.20. The number of rotatable bonds is 4. The van der Waals surface area contributed by atoms with Gasteiger partial charge in [0.05, 0.1) is 36.0 Å². The molecule has 2 unspecified atom stereocenters. The molecule has 2 aliphatic rings. The van der Waals surface area contributed by atoms with Gasteiger partial charge in [-0.15, -0.1) is 0 Å². The van der Waals surface area contributed by atoms with Crippen molar-refractivity contribution in [3.05, 3.63) is 17.4 Å². The molecule has 1 N–H and O–H groups in total. The number of carbonyl (C=O) groups is 2. The second kappa shape index (κ2) is 5.97. The topological polar surface area (TPSA) is 89.0 Å². The number of hydrogen-bond acceptors (Lipinski definition) is 6. The average Bonchev–Trinajstić information content (AvgIpc) is 3.14. The van der Waals surface area contributed by atoms with Gasteiger partial charge < -0.3 is 19.9 Å². The summed E-state index contributed by atoms with van der Waals surface area (Å²) in [6, 6.07) is -1.24. The monoisotopic (exact) mass is 395 g/mol. The van der Waals surface area contributed by atoms with Crippen molar-refractivity contribution in [2.45, 2.75) is 43.0 Å². The number of imidazole rings is 1. The zero-order valence-electron chi connectivity index (χ0n) is 14.9. The second-order valence-electron chi connectivity index (χ2n) is 7.23. The molecule has 2 aromatic heterocycles. The van der Waals surface area contributed by atoms with E-state index in [0.717, 1.165) is 14.7 Å². The van der Waals surface area contributed by atoms with Gasteiger partial charge in [0, 0.05) is 12.0 Å². The highest BCUT2D eigenvalue weighted by atomic mass is 32.2. The molecule has 0 spiro atoms. The van der Waals surface area contributed by atoms with Crippen molar-refractivity contribution >= 4 is 39.8 Å². The van der Waals surface area contributed by atoms with Gasteiger partial charge in [-0.1, -0.05) is 30.0 Å². The van der Waals surface area contributed by atoms with Gasteiger partial charge in [0.25, 0.3) is 0 Å². The minimum Gasteiger partial charge on any atom is -0.548 e. The highest BCUT2D eigenvalue weighted by Gasteiger charge is 2.63. The third-order valence-electron chi connectivity index (χ3n) is 5.77. The van der Waals surface area contributed by atoms with Crippen molar-refractivity contribution in [3.63, 3.8) is 0 Å². The summed E-state index contributed by atoms with van der Waals surface area (Å²) in [6.07, 6.45) is 5.15. The molecule has 0 radical (unpaired) electrons. The first kappa shape index (κ1) is 17.8. The number of amides is 1. The number of carboxylic acid groups (broad SMARTS) is 1. The summed E-state index contributed by atoms with van der Waals surface area (Å²) >= 11 is 3.20. The summed E-state index contributed by atoms with van der Waals surface area (Å²) in [5.74, 6) is -2.43. The van der Waals surface area contributed by atoms with Crippen LogP contribution >= 0.6 is 23.1 Å². The highest BCUT2D eigenvalue weighted by molar-refractivity contribution is 7.98. The van der Waals surface area contributed by atoms with Crippen LogP contribution in [0.15, 0.2) is 17.6 Å². The van der Waals surface area contributed by atoms with E-state index in [0.29, 0.717) is 0 Å². The lowest BCUT2D eigenvalue weighted by atomic mass is 9.77. The standard InChI is InChI=1S/C17H21N3O4S2/c1-7-10(9-5-19-6-18(3)15(25-4)16(19)26-9)13(17(23)24)20-12(7)11(8(2)21)14(20)22/h5-8,10-13,21H,1-4H3/t7-,8-,10?,11+,12+,13?/m0/s1. The fraction of sp³-hybridized carbons (Fsp3) is 0.588. The number of carboxylic acids is 1. The second-order valence-corrected chi connectivity index (χ2v) is 9.09. The van der Waals surface area contributed by atoms with Crippen molar-refractivity contribution in [2.24, 2.45) is 18.9 Å². The lowest BCUT2D eigenvalue weighted by molar-refractivity contribution is -0.705. The summed E-state index contributed by atoms with van der Waals surface area (Å²) in [5, 5.41) is 23.0. The molecule has 4 rings (SSSR count). The van der Waals surface area contributed by atoms with Crippen molar-refractivity contribution in [3.8, 4) is 0 Å². The Bertz CT molecular complexity index is 905. The summed E-state index contributed by atoms with van der Waals surface area (Å²) in [7, 11) is 1.98. The summed E-state index contributed by atoms with van der Waals surface area (Å²) in [4.78, 5) is 27.8. The Morgan fingerprint density at radius 3 is 2.77 bits per heavy atom. The van der Waals surface area contributed by atoms with Crippen molar-refractivity contribution in [2.75, 3.05) is 6.26 Å². The SMILES string of the molecule is CSc1c2sc(C3C(C(=O)[O-])N4C(=O)[C@H]([C@H](C)O)[C@H]4[C@H]3C)cn2c[n+]1C. The van der Waals surface area contributed by atoms with Crippen LogP contribution in [0.1, 0.15) is 24.6 Å². The molecule has 9 heteroatoms. The predicted molar refractivity (Wildman–Crippen MR) is 94.7 cm³/mol. The van der Waals surface area contributed by atoms with Gasteiger partial charge in [0.15, 0.2) is 0 Å². The van der Waals surface area contributed by atoms with Crippen molar-refractivity contribution in [1.82, 2.24) is 9.30 Å². The van der Waals surface area contributed by atoms with Gasteiger partial charge in [-0.25, -0.2) is 4.57 Å². The van der Waals surface area contributed by atoms with Gasteiger partial charge in [0.1, 0.15) is 6.20 Å². The Morgan fingerprint density at radius 1 is 1.50 bits per heavy atom. The van der Waals surface area contributed by atoms with E-state index in [1.54, 1.807) is 30.0 Å². The van der Waals surface area contributed by atoms with Crippen LogP contribution in [0.3, 0.4) is 0 Å². The first-order valence-corrected chi connectivity index (χ1v) is 10.6. The minimum absolute atomic E-state index is 0.0648. The smallest absolute Gasteiger partial charge is 0.250 e. The van der Waals surface area contributed by atoms with E-state index < -0.39 is 24.0 Å². The molecule has 2 aliphatic heterocycles. The third-order valence-corrected chi connectivity index (χ3v) is 7.98. The predicted octanol–water partition coefficient (Wildman–Crippen LogP) is -0.393. The summed E-state index contributed by atoms with van der Waals surface area (Å²) in [6.45, 7) is 3.56. The van der Waals surface area contributed by atoms with Crippen LogP contribution in [0.2, 0.25) is 0 Å². The number of aliphatic carboxylic acids is 1. The Labute approximate surface area is 159 Å². The zero-order valence-corrected chi connectivity index (χ0v) is 16.6. The molecule has 1 amide bonds. The number of aliphatic hydroxyl groups is 1. The molecule has 0 aliphatic carbocycles. The number of aliphatic hydroxyl groups excluding tert-OH is 1. The minimum atomic E-state index is -1.23. The molecule has 0 aromatic carbocycles.